The second-order valence-electron chi connectivity index (χ2n) is 27.1. The minimum Gasteiger partial charge on any atom is -0.441 e. The van der Waals surface area contributed by atoms with Crippen molar-refractivity contribution in [3.63, 3.8) is 0 Å². The molecule has 12 nitrogen and oxygen atoms in total. The van der Waals surface area contributed by atoms with E-state index in [2.05, 4.69) is 167 Å². The van der Waals surface area contributed by atoms with Gasteiger partial charge >= 0.3 is 11.9 Å². The summed E-state index contributed by atoms with van der Waals surface area (Å²) in [5, 5.41) is 0. The predicted octanol–water partition coefficient (Wildman–Crippen LogP) is 18.4. The Balaban J connectivity index is 0.929. The largest absolute Gasteiger partial charge is 0.441 e. The van der Waals surface area contributed by atoms with Crippen LogP contribution in [0.15, 0.2) is 169 Å². The third-order valence-corrected chi connectivity index (χ3v) is 22.1. The molecule has 0 bridgehead atoms. The molecule has 96 heavy (non-hydrogen) atoms. The van der Waals surface area contributed by atoms with E-state index < -0.39 is 23.1 Å². The molecule has 6 aromatic carbocycles. The standard InChI is InChI=1S/C82H92N6O6S2/c1-11-13-15-17-19-21-23-25-51-87-75(71-49-47-69(95-71)55-27-45-67-65(53-55)79(91)93-81(67,57-29-37-61(38-30-57)83(3)4)58-31-39-62(40-32-58)84(5)6)73-74(77(87)89)76(88(78(73)90)52-26-24-22-20-18-16-14-12-2)72-50-48-70(96-72)56-28-46-68-66(54-56)80(92)94-82(68,59-33-41-63(42-34-59)85(7)8)60-35-43-64(44-36-60)86(9)10/h27-50,53-54H,11-26,51-52H2,1-10H3. The number of thiophene rings is 2. The molecule has 0 radical (unpaired) electrons. The summed E-state index contributed by atoms with van der Waals surface area (Å²) in [7, 11) is 16.1. The Morgan fingerprint density at radius 1 is 0.344 bits per heavy atom. The van der Waals surface area contributed by atoms with Crippen LogP contribution in [0.3, 0.4) is 0 Å². The molecule has 4 aliphatic rings. The number of anilines is 4. The molecule has 2 aromatic heterocycles. The molecular weight excluding hydrogens is 1230 g/mol. The SMILES string of the molecule is CCCCCCCCCCN1C(=O)C2=C(c3ccc(-c4ccc5c(c4)C(=O)OC5(c4ccc(N(C)C)cc4)c4ccc(N(C)C)cc4)s3)N(CCCCCCCCCC)C(=O)C2=C1c1ccc(-c2ccc3c(c2)C(=O)OC3(c2ccc(N(C)C)cc2)c2ccc(N(C)C)cc2)s1. The number of ether oxygens (including phenoxy) is 2. The number of hydrogen-bond acceptors (Lipinski definition) is 12. The molecule has 0 N–H and O–H groups in total. The van der Waals surface area contributed by atoms with Gasteiger partial charge in [-0.05, 0) is 109 Å². The normalized spacial score (nSPS) is 15.2. The molecule has 0 atom stereocenters. The molecule has 12 rings (SSSR count). The van der Waals surface area contributed by atoms with Gasteiger partial charge in [-0.15, -0.1) is 22.7 Å². The van der Waals surface area contributed by atoms with E-state index in [4.69, 9.17) is 9.47 Å². The Kier molecular flexibility index (Phi) is 20.3. The molecule has 8 aromatic rings. The lowest BCUT2D eigenvalue weighted by Crippen LogP contribution is -2.30. The molecule has 0 spiro atoms. The number of carbonyl (C=O) groups is 4. The summed E-state index contributed by atoms with van der Waals surface area (Å²) in [6.45, 7) is 5.43. The molecule has 0 aliphatic carbocycles. The minimum absolute atomic E-state index is 0.155. The van der Waals surface area contributed by atoms with Crippen molar-refractivity contribution >= 4 is 80.6 Å². The summed E-state index contributed by atoms with van der Waals surface area (Å²) in [5.74, 6) is -1.12. The Bertz CT molecular complexity index is 3840. The number of unbranched alkanes of at least 4 members (excludes halogenated alkanes) is 14. The second kappa shape index (κ2) is 28.9. The van der Waals surface area contributed by atoms with Gasteiger partial charge in [0, 0.05) is 135 Å². The van der Waals surface area contributed by atoms with Gasteiger partial charge < -0.3 is 38.9 Å². The maximum Gasteiger partial charge on any atom is 0.340 e. The van der Waals surface area contributed by atoms with Gasteiger partial charge in [0.25, 0.3) is 11.8 Å². The van der Waals surface area contributed by atoms with Gasteiger partial charge in [-0.3, -0.25) is 9.59 Å². The minimum atomic E-state index is -1.19. The molecule has 14 heteroatoms. The highest BCUT2D eigenvalue weighted by atomic mass is 32.1. The van der Waals surface area contributed by atoms with Crippen LogP contribution in [0.5, 0.6) is 0 Å². The van der Waals surface area contributed by atoms with Crippen molar-refractivity contribution in [2.45, 2.75) is 128 Å². The molecule has 6 heterocycles. The number of rotatable bonds is 30. The third kappa shape index (κ3) is 12.8. The monoisotopic (exact) mass is 1320 g/mol. The molecule has 0 saturated carbocycles. The van der Waals surface area contributed by atoms with E-state index in [1.165, 1.54) is 74.0 Å². The van der Waals surface area contributed by atoms with Crippen molar-refractivity contribution in [3.05, 3.63) is 223 Å². The molecule has 4 aliphatic heterocycles. The number of amides is 2. The zero-order chi connectivity index (χ0) is 67.4. The average molecular weight is 1320 g/mol. The van der Waals surface area contributed by atoms with Gasteiger partial charge in [0.05, 0.1) is 43.4 Å². The Morgan fingerprint density at radius 2 is 0.625 bits per heavy atom. The van der Waals surface area contributed by atoms with Crippen LogP contribution in [0.25, 0.3) is 32.3 Å². The first-order valence-electron chi connectivity index (χ1n) is 34.7. The van der Waals surface area contributed by atoms with Crippen LogP contribution >= 0.6 is 22.7 Å². The Hall–Kier alpha value is -8.72. The van der Waals surface area contributed by atoms with E-state index >= 15 is 9.59 Å². The maximum atomic E-state index is 15.8. The Morgan fingerprint density at radius 3 is 0.917 bits per heavy atom. The van der Waals surface area contributed by atoms with Crippen LogP contribution in [-0.2, 0) is 30.3 Å². The van der Waals surface area contributed by atoms with Gasteiger partial charge in [-0.1, -0.05) is 177 Å². The maximum absolute atomic E-state index is 15.8. The fourth-order valence-corrected chi connectivity index (χ4v) is 16.5. The van der Waals surface area contributed by atoms with Crippen LogP contribution in [-0.4, -0.2) is 103 Å². The fourth-order valence-electron chi connectivity index (χ4n) is 14.4. The Labute approximate surface area is 576 Å². The van der Waals surface area contributed by atoms with Crippen LogP contribution in [0.1, 0.15) is 180 Å². The van der Waals surface area contributed by atoms with Crippen molar-refractivity contribution in [2.24, 2.45) is 0 Å². The van der Waals surface area contributed by atoms with E-state index in [0.29, 0.717) is 46.8 Å². The zero-order valence-corrected chi connectivity index (χ0v) is 59.3. The number of esters is 2. The lowest BCUT2D eigenvalue weighted by Gasteiger charge is -2.31. The lowest BCUT2D eigenvalue weighted by atomic mass is 9.79. The quantitative estimate of drug-likeness (QED) is 0.0319. The first-order valence-corrected chi connectivity index (χ1v) is 36.3. The average Bonchev–Trinajstić information content (AvgIpc) is 1.56. The van der Waals surface area contributed by atoms with E-state index in [9.17, 15) is 9.59 Å². The van der Waals surface area contributed by atoms with E-state index in [-0.39, 0.29) is 11.8 Å². The van der Waals surface area contributed by atoms with Gasteiger partial charge in [-0.25, -0.2) is 9.59 Å². The summed E-state index contributed by atoms with van der Waals surface area (Å²) in [6.07, 6.45) is 17.8. The van der Waals surface area contributed by atoms with Crippen molar-refractivity contribution in [3.8, 4) is 20.9 Å². The van der Waals surface area contributed by atoms with Gasteiger partial charge in [-0.2, -0.15) is 0 Å². The summed E-state index contributed by atoms with van der Waals surface area (Å²) in [5.41, 5.74) is 11.6. The molecule has 0 saturated heterocycles. The topological polar surface area (TPSA) is 106 Å². The van der Waals surface area contributed by atoms with Gasteiger partial charge in [0.1, 0.15) is 0 Å². The molecule has 0 fully saturated rings. The van der Waals surface area contributed by atoms with E-state index in [0.717, 1.165) is 138 Å². The van der Waals surface area contributed by atoms with Crippen LogP contribution in [0, 0.1) is 0 Å². The number of benzene rings is 6. The van der Waals surface area contributed by atoms with E-state index in [1.807, 2.05) is 90.4 Å². The molecule has 2 amide bonds. The van der Waals surface area contributed by atoms with Gasteiger partial charge in [0.15, 0.2) is 11.2 Å². The zero-order valence-electron chi connectivity index (χ0n) is 57.7. The van der Waals surface area contributed by atoms with Crippen LogP contribution in [0.2, 0.25) is 0 Å². The number of carbonyl (C=O) groups excluding carboxylic acids is 4. The highest BCUT2D eigenvalue weighted by molar-refractivity contribution is 7.17. The van der Waals surface area contributed by atoms with Gasteiger partial charge in [0.2, 0.25) is 0 Å². The first-order chi connectivity index (χ1) is 46.5. The third-order valence-electron chi connectivity index (χ3n) is 19.8. The van der Waals surface area contributed by atoms with Crippen molar-refractivity contribution in [1.29, 1.82) is 0 Å². The number of cyclic esters (lactones) is 2. The van der Waals surface area contributed by atoms with Crippen molar-refractivity contribution in [1.82, 2.24) is 9.80 Å². The summed E-state index contributed by atoms with van der Waals surface area (Å²) in [4.78, 5) is 76.1. The predicted molar refractivity (Wildman–Crippen MR) is 396 cm³/mol. The summed E-state index contributed by atoms with van der Waals surface area (Å²) >= 11 is 3.08. The second-order valence-corrected chi connectivity index (χ2v) is 29.2. The summed E-state index contributed by atoms with van der Waals surface area (Å²) in [6, 6.07) is 53.2. The van der Waals surface area contributed by atoms with E-state index in [1.54, 1.807) is 0 Å². The number of hydrogen-bond donors (Lipinski definition) is 0. The number of nitrogens with zero attached hydrogens (tertiary/aromatic N) is 6. The molecule has 0 unspecified atom stereocenters. The molecule has 498 valence electrons. The summed E-state index contributed by atoms with van der Waals surface area (Å²) < 4.78 is 13.3. The fraction of sp³-hybridized carbons (Fsp3) is 0.366. The highest BCUT2D eigenvalue weighted by Gasteiger charge is 2.52. The number of fused-ring (bicyclic) bond motifs is 3. The molecular formula is C82H92N6O6S2. The lowest BCUT2D eigenvalue weighted by molar-refractivity contribution is -0.124. The first kappa shape index (κ1) is 67.3. The van der Waals surface area contributed by atoms with Crippen molar-refractivity contribution in [2.75, 3.05) is 89.1 Å². The van der Waals surface area contributed by atoms with Crippen LogP contribution < -0.4 is 19.6 Å². The van der Waals surface area contributed by atoms with Crippen LogP contribution in [0.4, 0.5) is 22.7 Å². The van der Waals surface area contributed by atoms with Crippen molar-refractivity contribution < 1.29 is 28.7 Å². The smallest absolute Gasteiger partial charge is 0.340 e. The highest BCUT2D eigenvalue weighted by Crippen LogP contribution is 2.54.